The molecule has 3 aromatic rings. The van der Waals surface area contributed by atoms with Gasteiger partial charge in [0.25, 0.3) is 5.91 Å². The number of nitrogens with one attached hydrogen (secondary N) is 2. The minimum atomic E-state index is -0.0771. The summed E-state index contributed by atoms with van der Waals surface area (Å²) in [5, 5.41) is 12.7. The van der Waals surface area contributed by atoms with E-state index in [9.17, 15) is 4.79 Å². The van der Waals surface area contributed by atoms with Crippen LogP contribution in [0.15, 0.2) is 35.3 Å². The molecule has 0 bridgehead atoms. The number of thiazole rings is 1. The predicted octanol–water partition coefficient (Wildman–Crippen LogP) is 1.99. The van der Waals surface area contributed by atoms with Crippen molar-refractivity contribution in [2.24, 2.45) is 0 Å². The van der Waals surface area contributed by atoms with Crippen LogP contribution in [0.4, 0.5) is 0 Å². The number of H-pyrrole nitrogens is 1. The fraction of sp³-hybridized carbons (Fsp3) is 0.154. The van der Waals surface area contributed by atoms with Crippen LogP contribution in [0, 0.1) is 0 Å². The Labute approximate surface area is 113 Å². The summed E-state index contributed by atoms with van der Waals surface area (Å²) in [6.45, 7) is 0.587. The number of amides is 1. The quantitative estimate of drug-likeness (QED) is 0.763. The molecule has 0 fully saturated rings. The lowest BCUT2D eigenvalue weighted by Gasteiger charge is -2.04. The second kappa shape index (κ2) is 5.19. The van der Waals surface area contributed by atoms with E-state index in [1.807, 2.05) is 11.4 Å². The van der Waals surface area contributed by atoms with E-state index in [2.05, 4.69) is 20.5 Å². The number of hydrogen-bond donors (Lipinski definition) is 2. The number of fused-ring (bicyclic) bond motifs is 1. The maximum absolute atomic E-state index is 12.0. The molecule has 19 heavy (non-hydrogen) atoms. The fourth-order valence-corrected chi connectivity index (χ4v) is 2.44. The Morgan fingerprint density at radius 3 is 3.21 bits per heavy atom. The molecule has 0 unspecified atom stereocenters. The van der Waals surface area contributed by atoms with Crippen LogP contribution in [-0.4, -0.2) is 27.6 Å². The van der Waals surface area contributed by atoms with Crippen LogP contribution in [0.3, 0.4) is 0 Å². The molecular weight excluding hydrogens is 260 g/mol. The zero-order valence-corrected chi connectivity index (χ0v) is 10.9. The van der Waals surface area contributed by atoms with Crippen LogP contribution in [0.2, 0.25) is 0 Å². The number of aromatic amines is 1. The second-order valence-corrected chi connectivity index (χ2v) is 4.88. The molecule has 0 saturated heterocycles. The Morgan fingerprint density at radius 1 is 1.42 bits per heavy atom. The molecule has 0 saturated carbocycles. The molecule has 96 valence electrons. The van der Waals surface area contributed by atoms with Gasteiger partial charge in [-0.15, -0.1) is 11.3 Å². The Kier molecular flexibility index (Phi) is 3.24. The van der Waals surface area contributed by atoms with Gasteiger partial charge in [0.15, 0.2) is 0 Å². The largest absolute Gasteiger partial charge is 0.352 e. The highest BCUT2D eigenvalue weighted by atomic mass is 32.1. The minimum Gasteiger partial charge on any atom is -0.352 e. The lowest BCUT2D eigenvalue weighted by molar-refractivity contribution is 0.0954. The number of nitrogens with zero attached hydrogens (tertiary/aromatic N) is 2. The standard InChI is InChI=1S/C13H12N4OS/c18-13(14-4-3-11-7-19-8-15-11)9-1-2-10-6-16-17-12(10)5-9/h1-2,5-8H,3-4H2,(H,14,18)(H,16,17). The summed E-state index contributed by atoms with van der Waals surface area (Å²) in [6, 6.07) is 5.49. The lowest BCUT2D eigenvalue weighted by Crippen LogP contribution is -2.25. The molecule has 0 aliphatic carbocycles. The molecule has 1 aromatic carbocycles. The number of rotatable bonds is 4. The van der Waals surface area contributed by atoms with Gasteiger partial charge in [0.1, 0.15) is 0 Å². The molecule has 6 heteroatoms. The van der Waals surface area contributed by atoms with Crippen molar-refractivity contribution in [2.45, 2.75) is 6.42 Å². The van der Waals surface area contributed by atoms with Crippen LogP contribution >= 0.6 is 11.3 Å². The predicted molar refractivity (Wildman–Crippen MR) is 74.2 cm³/mol. The van der Waals surface area contributed by atoms with Gasteiger partial charge in [-0.2, -0.15) is 5.10 Å². The van der Waals surface area contributed by atoms with Crippen LogP contribution in [-0.2, 0) is 6.42 Å². The van der Waals surface area contributed by atoms with E-state index < -0.39 is 0 Å². The SMILES string of the molecule is O=C(NCCc1cscn1)c1ccc2cn[nH]c2c1. The van der Waals surface area contributed by atoms with Crippen molar-refractivity contribution >= 4 is 28.1 Å². The highest BCUT2D eigenvalue weighted by Gasteiger charge is 2.06. The van der Waals surface area contributed by atoms with Gasteiger partial charge < -0.3 is 5.32 Å². The third-order valence-corrected chi connectivity index (χ3v) is 3.49. The van der Waals surface area contributed by atoms with Gasteiger partial charge in [-0.25, -0.2) is 4.98 Å². The molecule has 0 aliphatic heterocycles. The van der Waals surface area contributed by atoms with Crippen molar-refractivity contribution in [1.29, 1.82) is 0 Å². The topological polar surface area (TPSA) is 70.7 Å². The number of hydrogen-bond acceptors (Lipinski definition) is 4. The normalized spacial score (nSPS) is 10.7. The molecule has 2 aromatic heterocycles. The number of carbonyl (C=O) groups excluding carboxylic acids is 1. The van der Waals surface area contributed by atoms with E-state index >= 15 is 0 Å². The van der Waals surface area contributed by atoms with Gasteiger partial charge in [0.05, 0.1) is 22.9 Å². The monoisotopic (exact) mass is 272 g/mol. The van der Waals surface area contributed by atoms with Gasteiger partial charge >= 0.3 is 0 Å². The van der Waals surface area contributed by atoms with Crippen molar-refractivity contribution in [3.05, 3.63) is 46.5 Å². The third kappa shape index (κ3) is 2.63. The van der Waals surface area contributed by atoms with Crippen molar-refractivity contribution < 1.29 is 4.79 Å². The fourth-order valence-electron chi connectivity index (χ4n) is 1.85. The average Bonchev–Trinajstić information content (AvgIpc) is 3.08. The van der Waals surface area contributed by atoms with Crippen LogP contribution < -0.4 is 5.32 Å². The van der Waals surface area contributed by atoms with Gasteiger partial charge in [-0.05, 0) is 12.1 Å². The summed E-state index contributed by atoms with van der Waals surface area (Å²) < 4.78 is 0. The second-order valence-electron chi connectivity index (χ2n) is 4.16. The summed E-state index contributed by atoms with van der Waals surface area (Å²) in [7, 11) is 0. The molecule has 0 aliphatic rings. The van der Waals surface area contributed by atoms with E-state index in [1.165, 1.54) is 0 Å². The summed E-state index contributed by atoms with van der Waals surface area (Å²) in [5.74, 6) is -0.0771. The minimum absolute atomic E-state index is 0.0771. The van der Waals surface area contributed by atoms with E-state index in [0.29, 0.717) is 12.1 Å². The Balaban J connectivity index is 1.63. The smallest absolute Gasteiger partial charge is 0.251 e. The highest BCUT2D eigenvalue weighted by Crippen LogP contribution is 2.12. The van der Waals surface area contributed by atoms with Crippen LogP contribution in [0.5, 0.6) is 0 Å². The summed E-state index contributed by atoms with van der Waals surface area (Å²) in [5.41, 5.74) is 4.31. The first-order valence-corrected chi connectivity index (χ1v) is 6.85. The maximum atomic E-state index is 12.0. The summed E-state index contributed by atoms with van der Waals surface area (Å²) in [4.78, 5) is 16.1. The molecule has 1 amide bonds. The molecule has 5 nitrogen and oxygen atoms in total. The number of aromatic nitrogens is 3. The first-order valence-electron chi connectivity index (χ1n) is 5.91. The molecule has 0 spiro atoms. The average molecular weight is 272 g/mol. The van der Waals surface area contributed by atoms with E-state index in [4.69, 9.17) is 0 Å². The van der Waals surface area contributed by atoms with Gasteiger partial charge in [0, 0.05) is 29.3 Å². The Hall–Kier alpha value is -2.21. The molecule has 3 rings (SSSR count). The van der Waals surface area contributed by atoms with E-state index in [-0.39, 0.29) is 5.91 Å². The van der Waals surface area contributed by atoms with Gasteiger partial charge in [-0.3, -0.25) is 9.89 Å². The van der Waals surface area contributed by atoms with Crippen molar-refractivity contribution in [1.82, 2.24) is 20.5 Å². The molecular formula is C13H12N4OS. The van der Waals surface area contributed by atoms with Gasteiger partial charge in [-0.1, -0.05) is 6.07 Å². The zero-order valence-electron chi connectivity index (χ0n) is 10.1. The maximum Gasteiger partial charge on any atom is 0.251 e. The first-order chi connectivity index (χ1) is 9.33. The first kappa shape index (κ1) is 11.9. The lowest BCUT2D eigenvalue weighted by atomic mass is 10.1. The van der Waals surface area contributed by atoms with Gasteiger partial charge in [0.2, 0.25) is 0 Å². The molecule has 0 atom stereocenters. The summed E-state index contributed by atoms with van der Waals surface area (Å²) in [6.07, 6.45) is 2.49. The summed E-state index contributed by atoms with van der Waals surface area (Å²) >= 11 is 1.56. The molecule has 2 heterocycles. The Bertz CT molecular complexity index is 690. The highest BCUT2D eigenvalue weighted by molar-refractivity contribution is 7.07. The molecule has 2 N–H and O–H groups in total. The van der Waals surface area contributed by atoms with Crippen LogP contribution in [0.1, 0.15) is 16.1 Å². The van der Waals surface area contributed by atoms with Crippen molar-refractivity contribution in [3.63, 3.8) is 0 Å². The third-order valence-electron chi connectivity index (χ3n) is 2.85. The zero-order chi connectivity index (χ0) is 13.1. The van der Waals surface area contributed by atoms with Crippen molar-refractivity contribution in [2.75, 3.05) is 6.54 Å². The Morgan fingerprint density at radius 2 is 2.37 bits per heavy atom. The van der Waals surface area contributed by atoms with E-state index in [1.54, 1.807) is 35.2 Å². The number of benzene rings is 1. The molecule has 0 radical (unpaired) electrons. The van der Waals surface area contributed by atoms with E-state index in [0.717, 1.165) is 23.0 Å². The van der Waals surface area contributed by atoms with Crippen LogP contribution in [0.25, 0.3) is 10.9 Å². The van der Waals surface area contributed by atoms with Crippen molar-refractivity contribution in [3.8, 4) is 0 Å². The number of carbonyl (C=O) groups is 1.